The molecule has 0 heterocycles. The maximum Gasteiger partial charge on any atom is 0.00640 e. The minimum absolute atomic E-state index is 0.501. The number of allylic oxidation sites excluding steroid dienone is 18. The molecule has 0 N–H and O–H groups in total. The van der Waals surface area contributed by atoms with Gasteiger partial charge in [-0.1, -0.05) is 151 Å². The lowest BCUT2D eigenvalue weighted by Gasteiger charge is -2.27. The van der Waals surface area contributed by atoms with E-state index >= 15 is 0 Å². The predicted molar refractivity (Wildman–Crippen MR) is 218 cm³/mol. The zero-order valence-corrected chi connectivity index (χ0v) is 33.6. The first kappa shape index (κ1) is 44.7. The Labute approximate surface area is 295 Å². The summed E-state index contributed by atoms with van der Waals surface area (Å²) in [5, 5.41) is 0. The average molecular weight is 643 g/mol. The highest BCUT2D eigenvalue weighted by Gasteiger charge is 2.22. The van der Waals surface area contributed by atoms with Crippen LogP contribution in [0.1, 0.15) is 161 Å². The maximum absolute atomic E-state index is 2.54. The summed E-state index contributed by atoms with van der Waals surface area (Å²) in [6, 6.07) is 0. The molecular weight excluding hydrogens is 565 g/mol. The van der Waals surface area contributed by atoms with E-state index in [0.717, 1.165) is 18.8 Å². The summed E-state index contributed by atoms with van der Waals surface area (Å²) >= 11 is 0. The second-order valence-corrected chi connectivity index (χ2v) is 13.6. The lowest BCUT2D eigenvalue weighted by Crippen LogP contribution is -2.15. The summed E-state index contributed by atoms with van der Waals surface area (Å²) in [4.78, 5) is 0. The highest BCUT2D eigenvalue weighted by atomic mass is 14.3. The summed E-state index contributed by atoms with van der Waals surface area (Å²) in [5.74, 6) is 3.22. The van der Waals surface area contributed by atoms with E-state index < -0.39 is 0 Å². The van der Waals surface area contributed by atoms with Crippen LogP contribution in [0.25, 0.3) is 0 Å². The molecule has 0 aromatic carbocycles. The fourth-order valence-electron chi connectivity index (χ4n) is 6.46. The molecule has 0 heteroatoms. The van der Waals surface area contributed by atoms with Crippen LogP contribution in [0.3, 0.4) is 0 Å². The Morgan fingerprint density at radius 1 is 0.894 bits per heavy atom. The standard InChI is InChI=1S/C37H54.C6H12.2C2H6/c1-7-29(4)37(35(8-2)16-12-15-32-13-10-9-11-14-32)31(6)20-19-30(5)36-25-23-34(24-26-36)27-33-21-17-28(3)18-22-33;1-4-6(3)5-2;2*1-2/h7,10,12-14,16,20-21,23,25-26,28,30,34-35,37H,8-9,11,15,17-19,22,24,27H2,1-6H3;4H,5H2,1-3H3;2*1-2H3/b16-12-,29-7+,31-20+;6-4+;;. The number of hydrogen-bond donors (Lipinski definition) is 0. The quantitative estimate of drug-likeness (QED) is 0.175. The van der Waals surface area contributed by atoms with Crippen LogP contribution in [-0.2, 0) is 0 Å². The number of hydrogen-bond acceptors (Lipinski definition) is 0. The molecule has 3 rings (SSSR count). The van der Waals surface area contributed by atoms with Crippen molar-refractivity contribution in [2.24, 2.45) is 29.6 Å². The van der Waals surface area contributed by atoms with Crippen LogP contribution in [0.2, 0.25) is 0 Å². The summed E-state index contributed by atoms with van der Waals surface area (Å²) < 4.78 is 0. The second-order valence-electron chi connectivity index (χ2n) is 13.6. The van der Waals surface area contributed by atoms with Crippen molar-refractivity contribution in [3.63, 3.8) is 0 Å². The van der Waals surface area contributed by atoms with Crippen molar-refractivity contribution >= 4 is 0 Å². The van der Waals surface area contributed by atoms with E-state index in [1.807, 2.05) is 27.7 Å². The molecule has 5 atom stereocenters. The zero-order valence-electron chi connectivity index (χ0n) is 33.6. The lowest BCUT2D eigenvalue weighted by atomic mass is 9.78. The Morgan fingerprint density at radius 2 is 1.62 bits per heavy atom. The van der Waals surface area contributed by atoms with Crippen molar-refractivity contribution in [3.05, 3.63) is 106 Å². The minimum atomic E-state index is 0.501. The number of rotatable bonds is 13. The summed E-state index contributed by atoms with van der Waals surface area (Å²) in [6.45, 7) is 28.4. The second kappa shape index (κ2) is 27.6. The SMILES string of the molecule is C/C=C(\C)C(/C(C)=C/CC(C)C1=CCC(CC2=CCC(C)CC2)C=C1)C(/C=C\CC1=CCCC=C1)CC.C/C=C(\C)CC.CC.CC. The molecule has 0 radical (unpaired) electrons. The van der Waals surface area contributed by atoms with Gasteiger partial charge in [-0.3, -0.25) is 0 Å². The van der Waals surface area contributed by atoms with Crippen molar-refractivity contribution in [2.45, 2.75) is 161 Å². The van der Waals surface area contributed by atoms with E-state index in [9.17, 15) is 0 Å². The lowest BCUT2D eigenvalue weighted by molar-refractivity contribution is 0.489. The molecule has 0 saturated heterocycles. The minimum Gasteiger partial charge on any atom is -0.0887 e. The normalized spacial score (nSPS) is 21.9. The molecule has 0 aromatic heterocycles. The molecular formula is C47H78. The third-order valence-electron chi connectivity index (χ3n) is 10.1. The molecule has 0 bridgehead atoms. The smallest absolute Gasteiger partial charge is 0.00640 e. The van der Waals surface area contributed by atoms with E-state index in [-0.39, 0.29) is 0 Å². The first-order valence-corrected chi connectivity index (χ1v) is 19.7. The van der Waals surface area contributed by atoms with Crippen LogP contribution in [-0.4, -0.2) is 0 Å². The predicted octanol–water partition coefficient (Wildman–Crippen LogP) is 15.8. The molecule has 0 amide bonds. The van der Waals surface area contributed by atoms with Gasteiger partial charge in [0.25, 0.3) is 0 Å². The van der Waals surface area contributed by atoms with Gasteiger partial charge < -0.3 is 0 Å². The first-order chi connectivity index (χ1) is 22.7. The first-order valence-electron chi connectivity index (χ1n) is 19.7. The molecule has 0 aliphatic heterocycles. The van der Waals surface area contributed by atoms with Crippen molar-refractivity contribution in [1.29, 1.82) is 0 Å². The van der Waals surface area contributed by atoms with Gasteiger partial charge >= 0.3 is 0 Å². The van der Waals surface area contributed by atoms with E-state index in [4.69, 9.17) is 0 Å². The van der Waals surface area contributed by atoms with E-state index in [2.05, 4.69) is 135 Å². The third kappa shape index (κ3) is 18.1. The van der Waals surface area contributed by atoms with Crippen molar-refractivity contribution in [3.8, 4) is 0 Å². The molecule has 5 unspecified atom stereocenters. The summed E-state index contributed by atoms with van der Waals surface area (Å²) in [6.07, 6.45) is 42.3. The van der Waals surface area contributed by atoms with Crippen LogP contribution in [0.5, 0.6) is 0 Å². The Hall–Kier alpha value is -2.34. The molecule has 0 nitrogen and oxygen atoms in total. The van der Waals surface area contributed by atoms with E-state index in [0.29, 0.717) is 23.7 Å². The molecule has 3 aliphatic carbocycles. The van der Waals surface area contributed by atoms with Crippen LogP contribution >= 0.6 is 0 Å². The fraction of sp³-hybridized carbons (Fsp3) is 0.617. The molecule has 0 fully saturated rings. The summed E-state index contributed by atoms with van der Waals surface area (Å²) in [7, 11) is 0. The Kier molecular flexibility index (Phi) is 26.2. The van der Waals surface area contributed by atoms with Gasteiger partial charge in [-0.25, -0.2) is 0 Å². The molecule has 0 spiro atoms. The van der Waals surface area contributed by atoms with Gasteiger partial charge in [0.1, 0.15) is 0 Å². The Balaban J connectivity index is 0.00000187. The van der Waals surface area contributed by atoms with Gasteiger partial charge in [0.15, 0.2) is 0 Å². The fourth-order valence-corrected chi connectivity index (χ4v) is 6.46. The molecule has 0 saturated carbocycles. The maximum atomic E-state index is 2.54. The Bertz CT molecular complexity index is 1100. The van der Waals surface area contributed by atoms with Crippen LogP contribution < -0.4 is 0 Å². The monoisotopic (exact) mass is 643 g/mol. The topological polar surface area (TPSA) is 0 Å². The zero-order chi connectivity index (χ0) is 35.6. The van der Waals surface area contributed by atoms with Gasteiger partial charge in [-0.05, 0) is 140 Å². The average Bonchev–Trinajstić information content (AvgIpc) is 3.13. The van der Waals surface area contributed by atoms with Crippen LogP contribution in [0, 0.1) is 29.6 Å². The van der Waals surface area contributed by atoms with E-state index in [1.54, 1.807) is 5.57 Å². The van der Waals surface area contributed by atoms with Gasteiger partial charge in [0, 0.05) is 5.92 Å². The molecule has 47 heavy (non-hydrogen) atoms. The Morgan fingerprint density at radius 3 is 2.11 bits per heavy atom. The molecule has 266 valence electrons. The molecule has 3 aliphatic rings. The van der Waals surface area contributed by atoms with E-state index in [1.165, 1.54) is 85.7 Å². The van der Waals surface area contributed by atoms with Gasteiger partial charge in [0.05, 0.1) is 0 Å². The largest absolute Gasteiger partial charge is 0.0887 e. The summed E-state index contributed by atoms with van der Waals surface area (Å²) in [5.41, 5.74) is 9.21. The third-order valence-corrected chi connectivity index (χ3v) is 10.1. The van der Waals surface area contributed by atoms with Gasteiger partial charge in [0.2, 0.25) is 0 Å². The van der Waals surface area contributed by atoms with Crippen molar-refractivity contribution in [2.75, 3.05) is 0 Å². The van der Waals surface area contributed by atoms with Crippen molar-refractivity contribution in [1.82, 2.24) is 0 Å². The van der Waals surface area contributed by atoms with Crippen molar-refractivity contribution < 1.29 is 0 Å². The van der Waals surface area contributed by atoms with Crippen LogP contribution in [0.15, 0.2) is 106 Å². The highest BCUT2D eigenvalue weighted by molar-refractivity contribution is 5.29. The van der Waals surface area contributed by atoms with Crippen LogP contribution in [0.4, 0.5) is 0 Å². The van der Waals surface area contributed by atoms with Gasteiger partial charge in [-0.2, -0.15) is 0 Å². The highest BCUT2D eigenvalue weighted by Crippen LogP contribution is 2.35. The molecule has 0 aromatic rings. The van der Waals surface area contributed by atoms with Gasteiger partial charge in [-0.15, -0.1) is 0 Å².